The van der Waals surface area contributed by atoms with Crippen molar-refractivity contribution in [1.82, 2.24) is 4.98 Å². The summed E-state index contributed by atoms with van der Waals surface area (Å²) >= 11 is 3.45. The highest BCUT2D eigenvalue weighted by Gasteiger charge is 2.05. The Kier molecular flexibility index (Phi) is 4.57. The highest BCUT2D eigenvalue weighted by atomic mass is 79.9. The molecule has 0 amide bonds. The number of hydrogen-bond acceptors (Lipinski definition) is 4. The molecule has 0 fully saturated rings. The molecular formula is C14H13BrN2O3. The van der Waals surface area contributed by atoms with E-state index in [1.54, 1.807) is 13.2 Å². The molecule has 0 spiro atoms. The van der Waals surface area contributed by atoms with Crippen molar-refractivity contribution < 1.29 is 14.6 Å². The monoisotopic (exact) mass is 336 g/mol. The summed E-state index contributed by atoms with van der Waals surface area (Å²) in [7, 11) is 1.61. The van der Waals surface area contributed by atoms with Crippen LogP contribution in [0.5, 0.6) is 5.75 Å². The second kappa shape index (κ2) is 6.38. The van der Waals surface area contributed by atoms with Crippen molar-refractivity contribution in [3.8, 4) is 5.75 Å². The highest BCUT2D eigenvalue weighted by molar-refractivity contribution is 9.10. The Balaban J connectivity index is 2.06. The van der Waals surface area contributed by atoms with E-state index in [1.165, 1.54) is 12.3 Å². The Morgan fingerprint density at radius 3 is 2.80 bits per heavy atom. The van der Waals surface area contributed by atoms with Gasteiger partial charge in [0.1, 0.15) is 5.75 Å². The Hall–Kier alpha value is -2.08. The second-order valence-electron chi connectivity index (χ2n) is 4.04. The third kappa shape index (κ3) is 3.48. The van der Waals surface area contributed by atoms with Gasteiger partial charge in [-0.3, -0.25) is 4.98 Å². The number of ether oxygens (including phenoxy) is 1. The minimum atomic E-state index is -0.979. The zero-order valence-electron chi connectivity index (χ0n) is 10.8. The summed E-state index contributed by atoms with van der Waals surface area (Å²) in [5.41, 5.74) is 1.81. The number of aromatic carboxylic acids is 1. The summed E-state index contributed by atoms with van der Waals surface area (Å²) in [6.45, 7) is 0.492. The third-order valence-electron chi connectivity index (χ3n) is 2.71. The first-order valence-corrected chi connectivity index (χ1v) is 6.65. The van der Waals surface area contributed by atoms with E-state index in [2.05, 4.69) is 26.2 Å². The number of carbonyl (C=O) groups is 1. The predicted molar refractivity (Wildman–Crippen MR) is 79.2 cm³/mol. The standard InChI is InChI=1S/C14H13BrN2O3/c1-20-11-4-5-12(15)13(6-11)17-8-10-3-2-9(7-16-10)14(18)19/h2-7,17H,8H2,1H3,(H,18,19). The van der Waals surface area contributed by atoms with E-state index in [-0.39, 0.29) is 5.56 Å². The number of hydrogen-bond donors (Lipinski definition) is 2. The number of aromatic nitrogens is 1. The van der Waals surface area contributed by atoms with Crippen LogP contribution in [0, 0.1) is 0 Å². The zero-order chi connectivity index (χ0) is 14.5. The van der Waals surface area contributed by atoms with Gasteiger partial charge in [-0.15, -0.1) is 0 Å². The Morgan fingerprint density at radius 2 is 2.20 bits per heavy atom. The molecule has 1 aromatic carbocycles. The van der Waals surface area contributed by atoms with E-state index in [4.69, 9.17) is 9.84 Å². The van der Waals surface area contributed by atoms with Crippen LogP contribution in [0.15, 0.2) is 41.0 Å². The molecule has 0 aliphatic carbocycles. The van der Waals surface area contributed by atoms with Crippen LogP contribution >= 0.6 is 15.9 Å². The van der Waals surface area contributed by atoms with E-state index >= 15 is 0 Å². The summed E-state index contributed by atoms with van der Waals surface area (Å²) in [6.07, 6.45) is 1.35. The number of rotatable bonds is 5. The number of nitrogens with zero attached hydrogens (tertiary/aromatic N) is 1. The number of carboxylic acids is 1. The molecule has 0 saturated carbocycles. The molecule has 6 heteroatoms. The highest BCUT2D eigenvalue weighted by Crippen LogP contribution is 2.27. The smallest absolute Gasteiger partial charge is 0.337 e. The molecular weight excluding hydrogens is 324 g/mol. The van der Waals surface area contributed by atoms with Gasteiger partial charge in [0.2, 0.25) is 0 Å². The quantitative estimate of drug-likeness (QED) is 0.877. The minimum absolute atomic E-state index is 0.177. The molecule has 0 saturated heterocycles. The molecule has 5 nitrogen and oxygen atoms in total. The van der Waals surface area contributed by atoms with Crippen molar-refractivity contribution in [2.45, 2.75) is 6.54 Å². The molecule has 0 bridgehead atoms. The lowest BCUT2D eigenvalue weighted by Gasteiger charge is -2.10. The van der Waals surface area contributed by atoms with Gasteiger partial charge in [0.15, 0.2) is 0 Å². The maximum absolute atomic E-state index is 10.7. The lowest BCUT2D eigenvalue weighted by Crippen LogP contribution is -2.04. The summed E-state index contributed by atoms with van der Waals surface area (Å²) in [5, 5.41) is 12.0. The number of halogens is 1. The number of pyridine rings is 1. The van der Waals surface area contributed by atoms with Crippen molar-refractivity contribution in [1.29, 1.82) is 0 Å². The molecule has 2 N–H and O–H groups in total. The fourth-order valence-corrected chi connectivity index (χ4v) is 1.99. The number of carboxylic acid groups (broad SMARTS) is 1. The van der Waals surface area contributed by atoms with Gasteiger partial charge < -0.3 is 15.2 Å². The van der Waals surface area contributed by atoms with Gasteiger partial charge in [0, 0.05) is 16.7 Å². The second-order valence-corrected chi connectivity index (χ2v) is 4.90. The van der Waals surface area contributed by atoms with Crippen LogP contribution in [0.1, 0.15) is 16.1 Å². The molecule has 2 aromatic rings. The van der Waals surface area contributed by atoms with Crippen molar-refractivity contribution in [2.24, 2.45) is 0 Å². The average Bonchev–Trinajstić information content (AvgIpc) is 2.47. The van der Waals surface area contributed by atoms with Crippen molar-refractivity contribution in [3.63, 3.8) is 0 Å². The molecule has 104 valence electrons. The van der Waals surface area contributed by atoms with Crippen molar-refractivity contribution in [3.05, 3.63) is 52.3 Å². The van der Waals surface area contributed by atoms with Crippen LogP contribution in [0.4, 0.5) is 5.69 Å². The molecule has 20 heavy (non-hydrogen) atoms. The summed E-state index contributed by atoms with van der Waals surface area (Å²) < 4.78 is 6.08. The average molecular weight is 337 g/mol. The molecule has 2 rings (SSSR count). The van der Waals surface area contributed by atoms with Gasteiger partial charge in [-0.2, -0.15) is 0 Å². The fraction of sp³-hybridized carbons (Fsp3) is 0.143. The first kappa shape index (κ1) is 14.3. The molecule has 0 aliphatic rings. The van der Waals surface area contributed by atoms with Crippen LogP contribution in [0.2, 0.25) is 0 Å². The van der Waals surface area contributed by atoms with Crippen molar-refractivity contribution >= 4 is 27.6 Å². The van der Waals surface area contributed by atoms with Crippen LogP contribution < -0.4 is 10.1 Å². The van der Waals surface area contributed by atoms with Gasteiger partial charge in [0.25, 0.3) is 0 Å². The molecule has 1 aromatic heterocycles. The molecule has 0 atom stereocenters. The van der Waals surface area contributed by atoms with Crippen LogP contribution in [-0.4, -0.2) is 23.2 Å². The predicted octanol–water partition coefficient (Wildman–Crippen LogP) is 3.16. The van der Waals surface area contributed by atoms with Gasteiger partial charge in [0.05, 0.1) is 30.6 Å². The van der Waals surface area contributed by atoms with Gasteiger partial charge in [-0.05, 0) is 40.2 Å². The first-order valence-electron chi connectivity index (χ1n) is 5.86. The topological polar surface area (TPSA) is 71.5 Å². The Morgan fingerprint density at radius 1 is 1.40 bits per heavy atom. The number of nitrogens with one attached hydrogen (secondary N) is 1. The van der Waals surface area contributed by atoms with E-state index in [9.17, 15) is 4.79 Å². The molecule has 0 aliphatic heterocycles. The van der Waals surface area contributed by atoms with Crippen molar-refractivity contribution in [2.75, 3.05) is 12.4 Å². The van der Waals surface area contributed by atoms with E-state index in [0.717, 1.165) is 21.6 Å². The SMILES string of the molecule is COc1ccc(Br)c(NCc2ccc(C(=O)O)cn2)c1. The summed E-state index contributed by atoms with van der Waals surface area (Å²) in [5.74, 6) is -0.225. The maximum Gasteiger partial charge on any atom is 0.337 e. The summed E-state index contributed by atoms with van der Waals surface area (Å²) in [6, 6.07) is 8.84. The lowest BCUT2D eigenvalue weighted by molar-refractivity contribution is 0.0696. The zero-order valence-corrected chi connectivity index (χ0v) is 12.3. The fourth-order valence-electron chi connectivity index (χ4n) is 1.61. The lowest BCUT2D eigenvalue weighted by atomic mass is 10.2. The van der Waals surface area contributed by atoms with E-state index in [1.807, 2.05) is 18.2 Å². The van der Waals surface area contributed by atoms with E-state index in [0.29, 0.717) is 6.54 Å². The van der Waals surface area contributed by atoms with Gasteiger partial charge in [-0.25, -0.2) is 4.79 Å². The normalized spacial score (nSPS) is 10.1. The molecule has 0 unspecified atom stereocenters. The Labute approximate surface area is 124 Å². The number of anilines is 1. The largest absolute Gasteiger partial charge is 0.497 e. The number of benzene rings is 1. The van der Waals surface area contributed by atoms with Crippen LogP contribution in [-0.2, 0) is 6.54 Å². The minimum Gasteiger partial charge on any atom is -0.497 e. The maximum atomic E-state index is 10.7. The number of methoxy groups -OCH3 is 1. The summed E-state index contributed by atoms with van der Waals surface area (Å²) in [4.78, 5) is 14.8. The molecule has 0 radical (unpaired) electrons. The third-order valence-corrected chi connectivity index (χ3v) is 3.40. The Bertz CT molecular complexity index is 614. The molecule has 1 heterocycles. The van der Waals surface area contributed by atoms with E-state index < -0.39 is 5.97 Å². The van der Waals surface area contributed by atoms with Crippen LogP contribution in [0.25, 0.3) is 0 Å². The van der Waals surface area contributed by atoms with Crippen LogP contribution in [0.3, 0.4) is 0 Å². The van der Waals surface area contributed by atoms with Gasteiger partial charge in [-0.1, -0.05) is 0 Å². The van der Waals surface area contributed by atoms with Gasteiger partial charge >= 0.3 is 5.97 Å². The first-order chi connectivity index (χ1) is 9.60.